The Hall–Kier alpha value is -1.13. The van der Waals surface area contributed by atoms with E-state index >= 15 is 0 Å². The van der Waals surface area contributed by atoms with Crippen LogP contribution >= 0.6 is 0 Å². The van der Waals surface area contributed by atoms with E-state index in [1.54, 1.807) is 0 Å². The number of pyridine rings is 1. The Bertz CT molecular complexity index is 375. The molecule has 1 aromatic heterocycles. The number of hydrogen-bond acceptors (Lipinski definition) is 4. The van der Waals surface area contributed by atoms with Gasteiger partial charge in [0.1, 0.15) is 6.61 Å². The minimum atomic E-state index is 0.0889. The first-order valence-electron chi connectivity index (χ1n) is 7.43. The van der Waals surface area contributed by atoms with Gasteiger partial charge >= 0.3 is 0 Å². The predicted molar refractivity (Wildman–Crippen MR) is 82.1 cm³/mol. The molecule has 0 radical (unpaired) electrons. The molecule has 0 aliphatic heterocycles. The van der Waals surface area contributed by atoms with Gasteiger partial charge in [-0.05, 0) is 33.3 Å². The second-order valence-electron chi connectivity index (χ2n) is 5.89. The van der Waals surface area contributed by atoms with Crippen molar-refractivity contribution >= 4 is 0 Å². The van der Waals surface area contributed by atoms with Gasteiger partial charge in [0.2, 0.25) is 5.88 Å². The first-order chi connectivity index (χ1) is 9.51. The van der Waals surface area contributed by atoms with Crippen LogP contribution in [0.4, 0.5) is 0 Å². The van der Waals surface area contributed by atoms with Crippen molar-refractivity contribution in [2.45, 2.75) is 52.6 Å². The van der Waals surface area contributed by atoms with E-state index in [1.807, 2.05) is 18.2 Å². The van der Waals surface area contributed by atoms with Crippen molar-refractivity contribution in [2.24, 2.45) is 0 Å². The molecule has 1 N–H and O–H groups in total. The average Bonchev–Trinajstić information content (AvgIpc) is 2.40. The molecule has 0 aliphatic rings. The molecule has 114 valence electrons. The molecular formula is C16H28N2O2. The van der Waals surface area contributed by atoms with Gasteiger partial charge in [0.25, 0.3) is 0 Å². The number of aromatic nitrogens is 1. The third-order valence-electron chi connectivity index (χ3n) is 2.70. The zero-order chi connectivity index (χ0) is 14.8. The van der Waals surface area contributed by atoms with E-state index in [2.05, 4.69) is 38.0 Å². The van der Waals surface area contributed by atoms with Crippen molar-refractivity contribution < 1.29 is 9.47 Å². The Morgan fingerprint density at radius 3 is 2.65 bits per heavy atom. The predicted octanol–water partition coefficient (Wildman–Crippen LogP) is 3.17. The topological polar surface area (TPSA) is 43.4 Å². The monoisotopic (exact) mass is 280 g/mol. The maximum absolute atomic E-state index is 5.59. The van der Waals surface area contributed by atoms with Gasteiger partial charge in [0.05, 0.1) is 12.3 Å². The second kappa shape index (κ2) is 8.93. The highest BCUT2D eigenvalue weighted by Gasteiger charge is 2.09. The van der Waals surface area contributed by atoms with E-state index in [0.29, 0.717) is 19.1 Å². The molecule has 1 aromatic rings. The van der Waals surface area contributed by atoms with Crippen molar-refractivity contribution in [1.82, 2.24) is 10.3 Å². The Kier molecular flexibility index (Phi) is 7.55. The molecule has 0 unspecified atom stereocenters. The van der Waals surface area contributed by atoms with Crippen LogP contribution in [0.25, 0.3) is 0 Å². The number of unbranched alkanes of at least 4 members (excludes halogenated alkanes) is 1. The quantitative estimate of drug-likeness (QED) is 0.706. The normalized spacial score (nSPS) is 11.6. The fraction of sp³-hybridized carbons (Fsp3) is 0.688. The molecule has 0 atom stereocenters. The number of nitrogens with zero attached hydrogens (tertiary/aromatic N) is 1. The Morgan fingerprint density at radius 2 is 1.95 bits per heavy atom. The minimum Gasteiger partial charge on any atom is -0.475 e. The van der Waals surface area contributed by atoms with Crippen molar-refractivity contribution in [3.8, 4) is 5.88 Å². The number of nitrogens with one attached hydrogen (secondary N) is 1. The molecule has 1 heterocycles. The molecule has 4 heteroatoms. The van der Waals surface area contributed by atoms with Crippen molar-refractivity contribution in [3.63, 3.8) is 0 Å². The Morgan fingerprint density at radius 1 is 1.15 bits per heavy atom. The summed E-state index contributed by atoms with van der Waals surface area (Å²) in [4.78, 5) is 4.47. The van der Waals surface area contributed by atoms with Crippen LogP contribution in [0.1, 0.15) is 46.2 Å². The van der Waals surface area contributed by atoms with E-state index < -0.39 is 0 Å². The molecule has 0 saturated carbocycles. The lowest BCUT2D eigenvalue weighted by atomic mass is 10.1. The summed E-state index contributed by atoms with van der Waals surface area (Å²) in [7, 11) is 0. The highest BCUT2D eigenvalue weighted by Crippen LogP contribution is 2.09. The molecule has 20 heavy (non-hydrogen) atoms. The van der Waals surface area contributed by atoms with Crippen LogP contribution in [-0.2, 0) is 11.3 Å². The highest BCUT2D eigenvalue weighted by molar-refractivity contribution is 5.15. The molecule has 0 saturated heterocycles. The van der Waals surface area contributed by atoms with Crippen LogP contribution in [0.15, 0.2) is 18.2 Å². The van der Waals surface area contributed by atoms with Gasteiger partial charge in [-0.1, -0.05) is 19.4 Å². The standard InChI is InChI=1S/C16H28N2O2/c1-5-6-10-19-11-12-20-15-9-7-8-14(18-15)13-17-16(2,3)4/h7-9,17H,5-6,10-13H2,1-4H3. The maximum atomic E-state index is 5.59. The van der Waals surface area contributed by atoms with Crippen molar-refractivity contribution in [2.75, 3.05) is 19.8 Å². The van der Waals surface area contributed by atoms with Gasteiger partial charge in [-0.25, -0.2) is 4.98 Å². The third-order valence-corrected chi connectivity index (χ3v) is 2.70. The maximum Gasteiger partial charge on any atom is 0.213 e. The first-order valence-corrected chi connectivity index (χ1v) is 7.43. The molecule has 0 amide bonds. The number of ether oxygens (including phenoxy) is 2. The molecule has 0 aromatic carbocycles. The summed E-state index contributed by atoms with van der Waals surface area (Å²) in [6.45, 7) is 11.3. The van der Waals surface area contributed by atoms with Crippen LogP contribution in [-0.4, -0.2) is 30.3 Å². The largest absolute Gasteiger partial charge is 0.475 e. The van der Waals surface area contributed by atoms with E-state index in [1.165, 1.54) is 0 Å². The van der Waals surface area contributed by atoms with Gasteiger partial charge in [-0.3, -0.25) is 0 Å². The molecule has 0 fully saturated rings. The van der Waals surface area contributed by atoms with Crippen LogP contribution in [0.5, 0.6) is 5.88 Å². The van der Waals surface area contributed by atoms with Crippen LogP contribution in [0.3, 0.4) is 0 Å². The Labute approximate surface area is 122 Å². The molecule has 1 rings (SSSR count). The van der Waals surface area contributed by atoms with Gasteiger partial charge in [-0.15, -0.1) is 0 Å². The summed E-state index contributed by atoms with van der Waals surface area (Å²) < 4.78 is 11.0. The second-order valence-corrected chi connectivity index (χ2v) is 5.89. The van der Waals surface area contributed by atoms with E-state index in [4.69, 9.17) is 9.47 Å². The highest BCUT2D eigenvalue weighted by atomic mass is 16.5. The van der Waals surface area contributed by atoms with E-state index in [0.717, 1.165) is 31.7 Å². The lowest BCUT2D eigenvalue weighted by molar-refractivity contribution is 0.0964. The van der Waals surface area contributed by atoms with Gasteiger partial charge in [0.15, 0.2) is 0 Å². The average molecular weight is 280 g/mol. The number of rotatable bonds is 9. The molecule has 4 nitrogen and oxygen atoms in total. The summed E-state index contributed by atoms with van der Waals surface area (Å²) >= 11 is 0. The molecule has 0 bridgehead atoms. The zero-order valence-electron chi connectivity index (χ0n) is 13.2. The summed E-state index contributed by atoms with van der Waals surface area (Å²) in [5, 5.41) is 3.41. The smallest absolute Gasteiger partial charge is 0.213 e. The third kappa shape index (κ3) is 8.12. The SMILES string of the molecule is CCCCOCCOc1cccc(CNC(C)(C)C)n1. The van der Waals surface area contributed by atoms with Crippen molar-refractivity contribution in [1.29, 1.82) is 0 Å². The van der Waals surface area contributed by atoms with Crippen molar-refractivity contribution in [3.05, 3.63) is 23.9 Å². The van der Waals surface area contributed by atoms with Crippen LogP contribution < -0.4 is 10.1 Å². The van der Waals surface area contributed by atoms with E-state index in [9.17, 15) is 0 Å². The zero-order valence-corrected chi connectivity index (χ0v) is 13.2. The van der Waals surface area contributed by atoms with Crippen LogP contribution in [0, 0.1) is 0 Å². The number of hydrogen-bond donors (Lipinski definition) is 1. The lowest BCUT2D eigenvalue weighted by Gasteiger charge is -2.20. The van der Waals surface area contributed by atoms with Gasteiger partial charge in [-0.2, -0.15) is 0 Å². The summed E-state index contributed by atoms with van der Waals surface area (Å²) in [6, 6.07) is 5.86. The molecule has 0 spiro atoms. The fourth-order valence-corrected chi connectivity index (χ4v) is 1.55. The fourth-order valence-electron chi connectivity index (χ4n) is 1.55. The molecular weight excluding hydrogens is 252 g/mol. The van der Waals surface area contributed by atoms with Gasteiger partial charge in [0, 0.05) is 24.8 Å². The minimum absolute atomic E-state index is 0.0889. The van der Waals surface area contributed by atoms with E-state index in [-0.39, 0.29) is 5.54 Å². The first kappa shape index (κ1) is 16.9. The molecule has 0 aliphatic carbocycles. The van der Waals surface area contributed by atoms with Gasteiger partial charge < -0.3 is 14.8 Å². The van der Waals surface area contributed by atoms with Crippen LogP contribution in [0.2, 0.25) is 0 Å². The summed E-state index contributed by atoms with van der Waals surface area (Å²) in [6.07, 6.45) is 2.26. The summed E-state index contributed by atoms with van der Waals surface area (Å²) in [5.74, 6) is 0.664. The summed E-state index contributed by atoms with van der Waals surface area (Å²) in [5.41, 5.74) is 1.08. The lowest BCUT2D eigenvalue weighted by Crippen LogP contribution is -2.35. The Balaban J connectivity index is 2.29.